The Morgan fingerprint density at radius 3 is 2.25 bits per heavy atom. The summed E-state index contributed by atoms with van der Waals surface area (Å²) >= 11 is 0. The molecule has 3 nitrogen and oxygen atoms in total. The van der Waals surface area contributed by atoms with Gasteiger partial charge >= 0.3 is 6.18 Å². The summed E-state index contributed by atoms with van der Waals surface area (Å²) in [6.07, 6.45) is -4.00. The third-order valence-corrected chi connectivity index (χ3v) is 2.48. The molecule has 0 radical (unpaired) electrons. The molecule has 98 valence electrons. The van der Waals surface area contributed by atoms with Crippen molar-refractivity contribution < 1.29 is 17.9 Å². The topological polar surface area (TPSA) is 38.5 Å². The first-order valence-corrected chi connectivity index (χ1v) is 5.44. The summed E-state index contributed by atoms with van der Waals surface area (Å²) in [5.74, 6) is 0. The second-order valence-corrected chi connectivity index (χ2v) is 3.74. The molecule has 2 unspecified atom stereocenters. The number of rotatable bonds is 7. The summed E-state index contributed by atoms with van der Waals surface area (Å²) in [5, 5.41) is 0. The molecule has 0 aromatic carbocycles. The zero-order valence-corrected chi connectivity index (χ0v) is 10.0. The Morgan fingerprint density at radius 1 is 1.31 bits per heavy atom. The maximum atomic E-state index is 12.8. The number of nitrogens with two attached hydrogens (primary N) is 1. The summed E-state index contributed by atoms with van der Waals surface area (Å²) < 4.78 is 43.3. The summed E-state index contributed by atoms with van der Waals surface area (Å²) in [4.78, 5) is 1.21. The van der Waals surface area contributed by atoms with E-state index in [0.29, 0.717) is 13.0 Å². The quantitative estimate of drug-likeness (QED) is 0.689. The van der Waals surface area contributed by atoms with Crippen molar-refractivity contribution in [1.82, 2.24) is 4.90 Å². The lowest BCUT2D eigenvalue weighted by Gasteiger charge is -2.33. The van der Waals surface area contributed by atoms with Crippen LogP contribution in [0.1, 0.15) is 20.3 Å². The van der Waals surface area contributed by atoms with E-state index >= 15 is 0 Å². The van der Waals surface area contributed by atoms with Gasteiger partial charge in [0.1, 0.15) is 6.04 Å². The van der Waals surface area contributed by atoms with E-state index in [9.17, 15) is 13.2 Å². The van der Waals surface area contributed by atoms with Gasteiger partial charge in [-0.1, -0.05) is 6.92 Å². The molecule has 0 aliphatic heterocycles. The maximum absolute atomic E-state index is 12.8. The highest BCUT2D eigenvalue weighted by atomic mass is 19.4. The van der Waals surface area contributed by atoms with Gasteiger partial charge in [0.2, 0.25) is 0 Å². The Labute approximate surface area is 94.7 Å². The van der Waals surface area contributed by atoms with Crippen LogP contribution in [0.4, 0.5) is 13.2 Å². The average Bonchev–Trinajstić information content (AvgIpc) is 2.16. The average molecular weight is 242 g/mol. The van der Waals surface area contributed by atoms with Crippen molar-refractivity contribution in [3.63, 3.8) is 0 Å². The molecule has 0 heterocycles. The van der Waals surface area contributed by atoms with E-state index < -0.39 is 18.3 Å². The first-order chi connectivity index (χ1) is 7.34. The third-order valence-electron chi connectivity index (χ3n) is 2.48. The molecule has 0 aliphatic rings. The first-order valence-electron chi connectivity index (χ1n) is 5.44. The van der Waals surface area contributed by atoms with Crippen LogP contribution in [0.25, 0.3) is 0 Å². The Bertz CT molecular complexity index is 187. The molecule has 0 saturated heterocycles. The highest BCUT2D eigenvalue weighted by Crippen LogP contribution is 2.26. The van der Waals surface area contributed by atoms with Crippen LogP contribution in [0.3, 0.4) is 0 Å². The normalized spacial score (nSPS) is 16.5. The molecule has 0 aliphatic carbocycles. The molecule has 0 amide bonds. The van der Waals surface area contributed by atoms with E-state index in [2.05, 4.69) is 0 Å². The Balaban J connectivity index is 4.39. The molecule has 0 bridgehead atoms. The van der Waals surface area contributed by atoms with Gasteiger partial charge in [-0.3, -0.25) is 4.90 Å². The van der Waals surface area contributed by atoms with E-state index in [0.717, 1.165) is 0 Å². The third kappa shape index (κ3) is 5.14. The van der Waals surface area contributed by atoms with Crippen molar-refractivity contribution in [3.05, 3.63) is 0 Å². The number of halogens is 3. The monoisotopic (exact) mass is 242 g/mol. The van der Waals surface area contributed by atoms with Crippen molar-refractivity contribution in [1.29, 1.82) is 0 Å². The summed E-state index contributed by atoms with van der Waals surface area (Å²) in [6, 6.07) is -2.50. The van der Waals surface area contributed by atoms with E-state index in [1.807, 2.05) is 0 Å². The van der Waals surface area contributed by atoms with Crippen LogP contribution in [0.2, 0.25) is 0 Å². The highest BCUT2D eigenvalue weighted by Gasteiger charge is 2.45. The van der Waals surface area contributed by atoms with Gasteiger partial charge in [-0.2, -0.15) is 13.2 Å². The van der Waals surface area contributed by atoms with Crippen molar-refractivity contribution in [3.8, 4) is 0 Å². The Morgan fingerprint density at radius 2 is 1.88 bits per heavy atom. The molecule has 0 aromatic heterocycles. The van der Waals surface area contributed by atoms with Gasteiger partial charge in [0.25, 0.3) is 0 Å². The molecule has 2 atom stereocenters. The molecule has 0 aromatic rings. The summed E-state index contributed by atoms with van der Waals surface area (Å²) in [7, 11) is 1.42. The lowest BCUT2D eigenvalue weighted by Crippen LogP contribution is -2.55. The highest BCUT2D eigenvalue weighted by molar-refractivity contribution is 4.86. The molecule has 6 heteroatoms. The minimum atomic E-state index is -4.30. The molecular formula is C10H21F3N2O. The van der Waals surface area contributed by atoms with Crippen LogP contribution in [0.15, 0.2) is 0 Å². The standard InChI is InChI=1S/C10H21F3N2O/c1-4-8(14)9(10(11,12)13)15(3)6-7-16-5-2/h8-9H,4-7,14H2,1-3H3. The minimum absolute atomic E-state index is 0.228. The second-order valence-electron chi connectivity index (χ2n) is 3.74. The number of hydrogen-bond acceptors (Lipinski definition) is 3. The SMILES string of the molecule is CCOCCN(C)C(C(N)CC)C(F)(F)F. The Kier molecular flexibility index (Phi) is 6.94. The minimum Gasteiger partial charge on any atom is -0.380 e. The van der Waals surface area contributed by atoms with Crippen LogP contribution in [0.5, 0.6) is 0 Å². The fourth-order valence-electron chi connectivity index (χ4n) is 1.53. The summed E-state index contributed by atoms with van der Waals surface area (Å²) in [6.45, 7) is 4.48. The fourth-order valence-corrected chi connectivity index (χ4v) is 1.53. The van der Waals surface area contributed by atoms with Crippen LogP contribution < -0.4 is 5.73 Å². The summed E-state index contributed by atoms with van der Waals surface area (Å²) in [5.41, 5.74) is 5.51. The number of likely N-dealkylation sites (N-methyl/N-ethyl adjacent to an activating group) is 1. The van der Waals surface area contributed by atoms with Crippen molar-refractivity contribution in [2.45, 2.75) is 38.5 Å². The van der Waals surface area contributed by atoms with E-state index in [4.69, 9.17) is 10.5 Å². The second kappa shape index (κ2) is 7.09. The molecule has 16 heavy (non-hydrogen) atoms. The van der Waals surface area contributed by atoms with Gasteiger partial charge in [-0.05, 0) is 20.4 Å². The van der Waals surface area contributed by atoms with Gasteiger partial charge in [0.05, 0.1) is 6.61 Å². The molecule has 0 saturated carbocycles. The van der Waals surface area contributed by atoms with Gasteiger partial charge < -0.3 is 10.5 Å². The number of ether oxygens (including phenoxy) is 1. The number of nitrogens with zero attached hydrogens (tertiary/aromatic N) is 1. The van der Waals surface area contributed by atoms with Crippen LogP contribution in [-0.2, 0) is 4.74 Å². The maximum Gasteiger partial charge on any atom is 0.405 e. The molecule has 0 fully saturated rings. The predicted molar refractivity (Wildman–Crippen MR) is 57.2 cm³/mol. The van der Waals surface area contributed by atoms with Crippen LogP contribution in [0, 0.1) is 0 Å². The molecule has 0 rings (SSSR count). The number of hydrogen-bond donors (Lipinski definition) is 1. The van der Waals surface area contributed by atoms with Crippen molar-refractivity contribution in [2.24, 2.45) is 5.73 Å². The van der Waals surface area contributed by atoms with Gasteiger partial charge in [-0.15, -0.1) is 0 Å². The van der Waals surface area contributed by atoms with Gasteiger partial charge in [0, 0.05) is 19.2 Å². The van der Waals surface area contributed by atoms with Crippen molar-refractivity contribution in [2.75, 3.05) is 26.8 Å². The van der Waals surface area contributed by atoms with Gasteiger partial charge in [0.15, 0.2) is 0 Å². The zero-order valence-electron chi connectivity index (χ0n) is 10.0. The van der Waals surface area contributed by atoms with Crippen LogP contribution in [-0.4, -0.2) is 50.0 Å². The molecule has 2 N–H and O–H groups in total. The first kappa shape index (κ1) is 15.7. The van der Waals surface area contributed by atoms with Crippen molar-refractivity contribution >= 4 is 0 Å². The van der Waals surface area contributed by atoms with E-state index in [1.54, 1.807) is 13.8 Å². The van der Waals surface area contributed by atoms with E-state index in [-0.39, 0.29) is 13.2 Å². The zero-order chi connectivity index (χ0) is 12.8. The number of alkyl halides is 3. The molecular weight excluding hydrogens is 221 g/mol. The largest absolute Gasteiger partial charge is 0.405 e. The van der Waals surface area contributed by atoms with Gasteiger partial charge in [-0.25, -0.2) is 0 Å². The van der Waals surface area contributed by atoms with Crippen LogP contribution >= 0.6 is 0 Å². The van der Waals surface area contributed by atoms with E-state index in [1.165, 1.54) is 11.9 Å². The predicted octanol–water partition coefficient (Wildman–Crippen LogP) is 1.62. The molecule has 0 spiro atoms. The smallest absolute Gasteiger partial charge is 0.380 e. The fraction of sp³-hybridized carbons (Fsp3) is 1.00. The lowest BCUT2D eigenvalue weighted by atomic mass is 10.1. The Hall–Kier alpha value is -0.330. The lowest BCUT2D eigenvalue weighted by molar-refractivity contribution is -0.187.